The van der Waals surface area contributed by atoms with E-state index in [1.807, 2.05) is 20.8 Å². The molecule has 0 spiro atoms. The largest absolute Gasteiger partial charge is 0.444 e. The average molecular weight is 346 g/mol. The van der Waals surface area contributed by atoms with Crippen molar-refractivity contribution in [2.75, 3.05) is 19.7 Å². The van der Waals surface area contributed by atoms with E-state index >= 15 is 0 Å². The minimum Gasteiger partial charge on any atom is -0.444 e. The van der Waals surface area contributed by atoms with Gasteiger partial charge in [-0.1, -0.05) is 20.8 Å². The predicted molar refractivity (Wildman–Crippen MR) is 95.1 cm³/mol. The summed E-state index contributed by atoms with van der Waals surface area (Å²) in [4.78, 5) is 13.9. The van der Waals surface area contributed by atoms with E-state index in [1.54, 1.807) is 4.90 Å². The number of ether oxygens (including phenoxy) is 1. The molecule has 0 radical (unpaired) electrons. The van der Waals surface area contributed by atoms with Crippen molar-refractivity contribution in [2.24, 2.45) is 5.92 Å². The number of nitrogens with zero attached hydrogens (tertiary/aromatic N) is 1. The van der Waals surface area contributed by atoms with Crippen LogP contribution in [0.2, 0.25) is 18.1 Å². The van der Waals surface area contributed by atoms with Gasteiger partial charge in [-0.2, -0.15) is 0 Å². The lowest BCUT2D eigenvalue weighted by atomic mass is 9.96. The third-order valence-corrected chi connectivity index (χ3v) is 9.31. The maximum absolute atomic E-state index is 12.2. The Bertz CT molecular complexity index is 412. The fourth-order valence-electron chi connectivity index (χ4n) is 2.39. The summed E-state index contributed by atoms with van der Waals surface area (Å²) in [6.45, 7) is 17.8. The fourth-order valence-corrected chi connectivity index (χ4v) is 3.81. The van der Waals surface area contributed by atoms with Crippen molar-refractivity contribution in [3.8, 4) is 0 Å². The Morgan fingerprint density at radius 2 is 1.78 bits per heavy atom. The van der Waals surface area contributed by atoms with Crippen molar-refractivity contribution in [1.29, 1.82) is 0 Å². The number of likely N-dealkylation sites (tertiary alicyclic amines) is 1. The standard InChI is InChI=1S/C17H35NO4Si/c1-16(2,3)21-15(20)18-10-9-14(13(11-18)12-19)22-23(7,8)17(4,5)6/h13-14,19H,9-12H2,1-8H3/t13-,14+/m1/s1. The molecule has 0 aliphatic carbocycles. The van der Waals surface area contributed by atoms with Crippen LogP contribution in [0.5, 0.6) is 0 Å². The minimum absolute atomic E-state index is 0.0135. The van der Waals surface area contributed by atoms with Gasteiger partial charge in [0.1, 0.15) is 5.60 Å². The second-order valence-electron chi connectivity index (χ2n) is 9.07. The van der Waals surface area contributed by atoms with Gasteiger partial charge in [-0.15, -0.1) is 0 Å². The van der Waals surface area contributed by atoms with E-state index in [1.165, 1.54) is 0 Å². The van der Waals surface area contributed by atoms with Gasteiger partial charge in [-0.25, -0.2) is 4.79 Å². The number of amides is 1. The molecule has 0 aromatic heterocycles. The first-order chi connectivity index (χ1) is 10.3. The van der Waals surface area contributed by atoms with E-state index in [9.17, 15) is 9.90 Å². The molecule has 5 nitrogen and oxygen atoms in total. The van der Waals surface area contributed by atoms with Gasteiger partial charge in [-0.3, -0.25) is 0 Å². The van der Waals surface area contributed by atoms with E-state index in [0.29, 0.717) is 13.1 Å². The first-order valence-electron chi connectivity index (χ1n) is 8.53. The van der Waals surface area contributed by atoms with Crippen LogP contribution < -0.4 is 0 Å². The van der Waals surface area contributed by atoms with E-state index < -0.39 is 13.9 Å². The van der Waals surface area contributed by atoms with Gasteiger partial charge in [0.2, 0.25) is 0 Å². The Morgan fingerprint density at radius 1 is 1.22 bits per heavy atom. The van der Waals surface area contributed by atoms with Crippen LogP contribution in [-0.2, 0) is 9.16 Å². The van der Waals surface area contributed by atoms with E-state index in [4.69, 9.17) is 9.16 Å². The van der Waals surface area contributed by atoms with Crippen molar-refractivity contribution >= 4 is 14.4 Å². The molecule has 23 heavy (non-hydrogen) atoms. The highest BCUT2D eigenvalue weighted by molar-refractivity contribution is 6.74. The zero-order valence-electron chi connectivity index (χ0n) is 16.1. The lowest BCUT2D eigenvalue weighted by molar-refractivity contribution is -0.0164. The lowest BCUT2D eigenvalue weighted by Gasteiger charge is -2.44. The number of rotatable bonds is 3. The summed E-state index contributed by atoms with van der Waals surface area (Å²) in [5, 5.41) is 9.88. The Labute approximate surface area is 142 Å². The molecule has 136 valence electrons. The van der Waals surface area contributed by atoms with Gasteiger partial charge in [-0.05, 0) is 45.3 Å². The van der Waals surface area contributed by atoms with E-state index in [0.717, 1.165) is 6.42 Å². The van der Waals surface area contributed by atoms with Crippen molar-refractivity contribution < 1.29 is 19.1 Å². The molecule has 2 atom stereocenters. The molecule has 0 aromatic rings. The van der Waals surface area contributed by atoms with Crippen LogP contribution in [0.15, 0.2) is 0 Å². The molecule has 0 saturated carbocycles. The molecule has 6 heteroatoms. The number of hydrogen-bond donors (Lipinski definition) is 1. The van der Waals surface area contributed by atoms with E-state index in [2.05, 4.69) is 33.9 Å². The molecular weight excluding hydrogens is 310 g/mol. The van der Waals surface area contributed by atoms with Gasteiger partial charge < -0.3 is 19.2 Å². The quantitative estimate of drug-likeness (QED) is 0.794. The highest BCUT2D eigenvalue weighted by Gasteiger charge is 2.42. The summed E-state index contributed by atoms with van der Waals surface area (Å²) in [7, 11) is -1.88. The number of carbonyl (C=O) groups is 1. The summed E-state index contributed by atoms with van der Waals surface area (Å²) in [5.74, 6) is -0.0506. The molecule has 1 N–H and O–H groups in total. The summed E-state index contributed by atoms with van der Waals surface area (Å²) >= 11 is 0. The monoisotopic (exact) mass is 345 g/mol. The molecule has 1 amide bonds. The average Bonchev–Trinajstić information content (AvgIpc) is 2.35. The first-order valence-corrected chi connectivity index (χ1v) is 11.4. The lowest BCUT2D eigenvalue weighted by Crippen LogP contribution is -2.53. The van der Waals surface area contributed by atoms with Gasteiger partial charge >= 0.3 is 6.09 Å². The van der Waals surface area contributed by atoms with Crippen molar-refractivity contribution in [3.05, 3.63) is 0 Å². The van der Waals surface area contributed by atoms with Gasteiger partial charge in [0.05, 0.1) is 12.7 Å². The van der Waals surface area contributed by atoms with Crippen LogP contribution in [0.25, 0.3) is 0 Å². The summed E-state index contributed by atoms with van der Waals surface area (Å²) in [5.41, 5.74) is -0.500. The minimum atomic E-state index is -1.88. The van der Waals surface area contributed by atoms with Crippen LogP contribution in [0.4, 0.5) is 4.79 Å². The smallest absolute Gasteiger partial charge is 0.410 e. The molecule has 1 rings (SSSR count). The third kappa shape index (κ3) is 5.76. The molecule has 0 bridgehead atoms. The van der Waals surface area contributed by atoms with Crippen LogP contribution in [-0.4, -0.2) is 55.8 Å². The third-order valence-electron chi connectivity index (χ3n) is 4.80. The number of aliphatic hydroxyl groups excluding tert-OH is 1. The first kappa shape index (κ1) is 20.5. The van der Waals surface area contributed by atoms with Gasteiger partial charge in [0.25, 0.3) is 0 Å². The molecule has 1 fully saturated rings. The topological polar surface area (TPSA) is 59.0 Å². The summed E-state index contributed by atoms with van der Waals surface area (Å²) in [6, 6.07) is 0. The van der Waals surface area contributed by atoms with E-state index in [-0.39, 0.29) is 29.8 Å². The normalized spacial score (nSPS) is 23.8. The predicted octanol–water partition coefficient (Wildman–Crippen LogP) is 3.63. The maximum Gasteiger partial charge on any atom is 0.410 e. The number of aliphatic hydroxyl groups is 1. The highest BCUT2D eigenvalue weighted by atomic mass is 28.4. The molecule has 1 heterocycles. The number of hydrogen-bond acceptors (Lipinski definition) is 4. The summed E-state index contributed by atoms with van der Waals surface area (Å²) in [6.07, 6.45) is 0.457. The summed E-state index contributed by atoms with van der Waals surface area (Å²) < 4.78 is 11.9. The number of piperidine rings is 1. The van der Waals surface area contributed by atoms with Crippen LogP contribution >= 0.6 is 0 Å². The molecular formula is C17H35NO4Si. The SMILES string of the molecule is CC(C)(C)OC(=O)N1CC[C@H](O[Si](C)(C)C(C)(C)C)[C@@H](CO)C1. The second-order valence-corrected chi connectivity index (χ2v) is 13.8. The Balaban J connectivity index is 2.71. The van der Waals surface area contributed by atoms with Crippen LogP contribution in [0, 0.1) is 5.92 Å². The van der Waals surface area contributed by atoms with Gasteiger partial charge in [0, 0.05) is 19.0 Å². The Hall–Kier alpha value is -0.593. The van der Waals surface area contributed by atoms with Crippen molar-refractivity contribution in [1.82, 2.24) is 4.90 Å². The van der Waals surface area contributed by atoms with Crippen LogP contribution in [0.1, 0.15) is 48.0 Å². The van der Waals surface area contributed by atoms with Crippen molar-refractivity contribution in [3.63, 3.8) is 0 Å². The fraction of sp³-hybridized carbons (Fsp3) is 0.941. The molecule has 1 aliphatic rings. The van der Waals surface area contributed by atoms with Crippen molar-refractivity contribution in [2.45, 2.75) is 77.8 Å². The second kappa shape index (κ2) is 7.11. The zero-order chi connectivity index (χ0) is 18.1. The highest BCUT2D eigenvalue weighted by Crippen LogP contribution is 2.39. The molecule has 1 saturated heterocycles. The van der Waals surface area contributed by atoms with Crippen LogP contribution in [0.3, 0.4) is 0 Å². The Morgan fingerprint density at radius 3 is 2.22 bits per heavy atom. The molecule has 1 aliphatic heterocycles. The number of carbonyl (C=O) groups excluding carboxylic acids is 1. The van der Waals surface area contributed by atoms with Gasteiger partial charge in [0.15, 0.2) is 8.32 Å². The molecule has 0 aromatic carbocycles. The maximum atomic E-state index is 12.2. The zero-order valence-corrected chi connectivity index (χ0v) is 17.1. The Kier molecular flexibility index (Phi) is 6.32. The molecule has 0 unspecified atom stereocenters.